The molecule has 2 atom stereocenters. The van der Waals surface area contributed by atoms with Gasteiger partial charge in [0.25, 0.3) is 0 Å². The van der Waals surface area contributed by atoms with Gasteiger partial charge in [-0.3, -0.25) is 0 Å². The summed E-state index contributed by atoms with van der Waals surface area (Å²) in [7, 11) is 1.69. The zero-order valence-electron chi connectivity index (χ0n) is 21.7. The summed E-state index contributed by atoms with van der Waals surface area (Å²) < 4.78 is 23.4. The van der Waals surface area contributed by atoms with Crippen molar-refractivity contribution in [3.63, 3.8) is 0 Å². The third-order valence-corrected chi connectivity index (χ3v) is 6.10. The Morgan fingerprint density at radius 1 is 0.771 bits per heavy atom. The topological polar surface area (TPSA) is 77.4 Å². The number of ether oxygens (including phenoxy) is 4. The van der Waals surface area contributed by atoms with Crippen LogP contribution in [0.2, 0.25) is 0 Å². The van der Waals surface area contributed by atoms with Crippen molar-refractivity contribution in [2.24, 2.45) is 5.41 Å². The van der Waals surface area contributed by atoms with Crippen LogP contribution in [-0.4, -0.2) is 62.6 Å². The molecule has 35 heavy (non-hydrogen) atoms. The molecule has 3 aromatic carbocycles. The maximum Gasteiger partial charge on any atom is 0.135 e. The van der Waals surface area contributed by atoms with Gasteiger partial charge in [-0.05, 0) is 24.5 Å². The monoisotopic (exact) mass is 484 g/mol. The smallest absolute Gasteiger partial charge is 0.135 e. The minimum absolute atomic E-state index is 0.112. The average Bonchev–Trinajstić information content (AvgIpc) is 2.85. The van der Waals surface area contributed by atoms with Gasteiger partial charge in [0.1, 0.15) is 24.2 Å². The Bertz CT molecular complexity index is 1090. The zero-order valence-corrected chi connectivity index (χ0v) is 21.7. The van der Waals surface area contributed by atoms with Crippen LogP contribution in [0.25, 0.3) is 21.5 Å². The van der Waals surface area contributed by atoms with Crippen molar-refractivity contribution in [3.05, 3.63) is 48.0 Å². The predicted molar refractivity (Wildman–Crippen MR) is 141 cm³/mol. The second-order valence-corrected chi connectivity index (χ2v) is 9.86. The van der Waals surface area contributed by atoms with Crippen molar-refractivity contribution in [2.75, 3.05) is 40.1 Å². The standard InChI is InChI=1S/C29H40O6/c1-6-20-12-13-25-26(14-20)27(32-5)23-10-8-9-11-24(23)28(25)35-17-22(31)16-34-19-29(3,4)18-33-15-21(30)7-2/h8-14,21-22,30-31H,6-7,15-19H2,1-5H3. The van der Waals surface area contributed by atoms with Crippen LogP contribution in [0, 0.1) is 5.41 Å². The highest BCUT2D eigenvalue weighted by Gasteiger charge is 2.21. The zero-order chi connectivity index (χ0) is 25.4. The summed E-state index contributed by atoms with van der Waals surface area (Å²) in [5.74, 6) is 1.57. The number of aliphatic hydroxyl groups is 2. The van der Waals surface area contributed by atoms with E-state index in [0.29, 0.717) is 26.2 Å². The van der Waals surface area contributed by atoms with Crippen LogP contribution < -0.4 is 9.47 Å². The van der Waals surface area contributed by atoms with Gasteiger partial charge in [0.2, 0.25) is 0 Å². The summed E-state index contributed by atoms with van der Waals surface area (Å²) >= 11 is 0. The highest BCUT2D eigenvalue weighted by molar-refractivity contribution is 6.11. The minimum Gasteiger partial charge on any atom is -0.495 e. The van der Waals surface area contributed by atoms with Crippen molar-refractivity contribution < 1.29 is 29.2 Å². The van der Waals surface area contributed by atoms with Gasteiger partial charge in [-0.1, -0.05) is 64.1 Å². The Hall–Kier alpha value is -2.38. The van der Waals surface area contributed by atoms with E-state index in [1.807, 2.05) is 45.0 Å². The van der Waals surface area contributed by atoms with Crippen LogP contribution >= 0.6 is 0 Å². The normalized spacial score (nSPS) is 13.8. The molecule has 0 spiro atoms. The second-order valence-electron chi connectivity index (χ2n) is 9.86. The molecule has 0 aliphatic carbocycles. The maximum atomic E-state index is 10.6. The number of hydrogen-bond acceptors (Lipinski definition) is 6. The first kappa shape index (κ1) is 27.2. The van der Waals surface area contributed by atoms with Gasteiger partial charge in [0.15, 0.2) is 0 Å². The fourth-order valence-corrected chi connectivity index (χ4v) is 4.07. The van der Waals surface area contributed by atoms with E-state index in [0.717, 1.165) is 39.5 Å². The Balaban J connectivity index is 1.67. The number of aliphatic hydroxyl groups excluding tert-OH is 2. The molecule has 0 fully saturated rings. The highest BCUT2D eigenvalue weighted by Crippen LogP contribution is 2.43. The molecule has 0 bridgehead atoms. The largest absolute Gasteiger partial charge is 0.495 e. The molecule has 6 nitrogen and oxygen atoms in total. The first-order chi connectivity index (χ1) is 16.8. The third-order valence-electron chi connectivity index (χ3n) is 6.10. The molecular formula is C29H40O6. The fourth-order valence-electron chi connectivity index (χ4n) is 4.07. The lowest BCUT2D eigenvalue weighted by Gasteiger charge is -2.25. The van der Waals surface area contributed by atoms with Crippen molar-refractivity contribution in [2.45, 2.75) is 52.7 Å². The van der Waals surface area contributed by atoms with Crippen LogP contribution in [0.3, 0.4) is 0 Å². The van der Waals surface area contributed by atoms with Gasteiger partial charge in [0.05, 0.1) is 39.6 Å². The summed E-state index contributed by atoms with van der Waals surface area (Å²) in [5, 5.41) is 24.1. The molecule has 2 unspecified atom stereocenters. The Kier molecular flexibility index (Phi) is 9.75. The van der Waals surface area contributed by atoms with Crippen molar-refractivity contribution in [3.8, 4) is 11.5 Å². The summed E-state index contributed by atoms with van der Waals surface area (Å²) in [5.41, 5.74) is 0.995. The Labute approximate surface area is 208 Å². The van der Waals surface area contributed by atoms with E-state index in [1.165, 1.54) is 5.56 Å². The number of benzene rings is 3. The first-order valence-corrected chi connectivity index (χ1v) is 12.4. The molecule has 0 heterocycles. The van der Waals surface area contributed by atoms with Gasteiger partial charge < -0.3 is 29.2 Å². The third kappa shape index (κ3) is 7.07. The molecule has 0 aliphatic heterocycles. The molecule has 0 saturated heterocycles. The number of rotatable bonds is 14. The Morgan fingerprint density at radius 3 is 1.97 bits per heavy atom. The summed E-state index contributed by atoms with van der Waals surface area (Å²) in [6.07, 6.45) is 0.379. The molecular weight excluding hydrogens is 444 g/mol. The lowest BCUT2D eigenvalue weighted by Crippen LogP contribution is -2.31. The molecule has 0 saturated carbocycles. The molecule has 3 rings (SSSR count). The van der Waals surface area contributed by atoms with Crippen LogP contribution in [0.4, 0.5) is 0 Å². The van der Waals surface area contributed by atoms with Crippen LogP contribution in [0.1, 0.15) is 39.7 Å². The molecule has 0 aliphatic rings. The van der Waals surface area contributed by atoms with Gasteiger partial charge in [0, 0.05) is 27.0 Å². The highest BCUT2D eigenvalue weighted by atomic mass is 16.5. The lowest BCUT2D eigenvalue weighted by atomic mass is 9.96. The van der Waals surface area contributed by atoms with E-state index in [4.69, 9.17) is 18.9 Å². The first-order valence-electron chi connectivity index (χ1n) is 12.4. The molecule has 3 aromatic rings. The van der Waals surface area contributed by atoms with Crippen LogP contribution in [0.5, 0.6) is 11.5 Å². The number of methoxy groups -OCH3 is 1. The molecule has 0 amide bonds. The van der Waals surface area contributed by atoms with Gasteiger partial charge in [-0.15, -0.1) is 0 Å². The van der Waals surface area contributed by atoms with Crippen molar-refractivity contribution >= 4 is 21.5 Å². The molecule has 6 heteroatoms. The SMILES string of the molecule is CCc1ccc2c(OCC(O)COCC(C)(C)COCC(O)CC)c3ccccc3c(OC)c2c1. The molecule has 0 aromatic heterocycles. The summed E-state index contributed by atoms with van der Waals surface area (Å²) in [6, 6.07) is 14.3. The minimum atomic E-state index is -0.778. The van der Waals surface area contributed by atoms with Crippen LogP contribution in [0.15, 0.2) is 42.5 Å². The number of fused-ring (bicyclic) bond motifs is 2. The van der Waals surface area contributed by atoms with E-state index in [-0.39, 0.29) is 18.6 Å². The van der Waals surface area contributed by atoms with Crippen molar-refractivity contribution in [1.29, 1.82) is 0 Å². The Morgan fingerprint density at radius 2 is 1.37 bits per heavy atom. The number of hydrogen-bond donors (Lipinski definition) is 2. The van der Waals surface area contributed by atoms with Gasteiger partial charge >= 0.3 is 0 Å². The number of aryl methyl sites for hydroxylation is 1. The quantitative estimate of drug-likeness (QED) is 0.309. The van der Waals surface area contributed by atoms with E-state index in [9.17, 15) is 10.2 Å². The van der Waals surface area contributed by atoms with E-state index in [2.05, 4.69) is 25.1 Å². The molecule has 2 N–H and O–H groups in total. The van der Waals surface area contributed by atoms with Crippen molar-refractivity contribution in [1.82, 2.24) is 0 Å². The van der Waals surface area contributed by atoms with Crippen LogP contribution in [-0.2, 0) is 15.9 Å². The predicted octanol–water partition coefficient (Wildman–Crippen LogP) is 5.13. The van der Waals surface area contributed by atoms with E-state index in [1.54, 1.807) is 7.11 Å². The second kappa shape index (κ2) is 12.5. The van der Waals surface area contributed by atoms with E-state index >= 15 is 0 Å². The summed E-state index contributed by atoms with van der Waals surface area (Å²) in [6.45, 7) is 9.62. The average molecular weight is 485 g/mol. The maximum absolute atomic E-state index is 10.6. The summed E-state index contributed by atoms with van der Waals surface area (Å²) in [4.78, 5) is 0. The fraction of sp³-hybridized carbons (Fsp3) is 0.517. The molecule has 0 radical (unpaired) electrons. The lowest BCUT2D eigenvalue weighted by molar-refractivity contribution is -0.0509. The van der Waals surface area contributed by atoms with E-state index < -0.39 is 12.2 Å². The van der Waals surface area contributed by atoms with Gasteiger partial charge in [-0.2, -0.15) is 0 Å². The van der Waals surface area contributed by atoms with Gasteiger partial charge in [-0.25, -0.2) is 0 Å². The molecule has 192 valence electrons.